The maximum Gasteiger partial charge on any atom is 0.303 e. The zero-order valence-corrected chi connectivity index (χ0v) is 13.1. The van der Waals surface area contributed by atoms with Gasteiger partial charge >= 0.3 is 5.97 Å². The van der Waals surface area contributed by atoms with Crippen LogP contribution in [0.15, 0.2) is 18.2 Å². The average Bonchev–Trinajstić information content (AvgIpc) is 2.67. The molecule has 0 aliphatic carbocycles. The third-order valence-corrected chi connectivity index (χ3v) is 4.16. The Balaban J connectivity index is 2.08. The number of carboxylic acids is 1. The summed E-state index contributed by atoms with van der Waals surface area (Å²) in [6, 6.07) is 5.63. The number of carbonyl (C=O) groups is 2. The summed E-state index contributed by atoms with van der Waals surface area (Å²) in [6.07, 6.45) is 1.61. The zero-order chi connectivity index (χ0) is 15.6. The molecule has 0 spiro atoms. The van der Waals surface area contributed by atoms with Gasteiger partial charge in [-0.2, -0.15) is 0 Å². The summed E-state index contributed by atoms with van der Waals surface area (Å²) >= 11 is 6.28. The summed E-state index contributed by atoms with van der Waals surface area (Å²) in [7, 11) is 0. The summed E-state index contributed by atoms with van der Waals surface area (Å²) in [5.41, 5.74) is 1.74. The maximum atomic E-state index is 12.4. The molecule has 0 fully saturated rings. The average molecular weight is 310 g/mol. The van der Waals surface area contributed by atoms with Crippen LogP contribution >= 0.6 is 11.6 Å². The number of fused-ring (bicyclic) bond motifs is 1. The first-order valence-corrected chi connectivity index (χ1v) is 7.52. The van der Waals surface area contributed by atoms with E-state index in [0.717, 1.165) is 11.3 Å². The van der Waals surface area contributed by atoms with Crippen molar-refractivity contribution in [3.8, 4) is 0 Å². The Bertz CT molecular complexity index is 569. The molecule has 0 radical (unpaired) electrons. The molecule has 5 heteroatoms. The van der Waals surface area contributed by atoms with Gasteiger partial charge in [0.1, 0.15) is 0 Å². The number of anilines is 1. The van der Waals surface area contributed by atoms with E-state index in [9.17, 15) is 9.59 Å². The number of carboxylic acid groups (broad SMARTS) is 1. The van der Waals surface area contributed by atoms with Crippen LogP contribution in [-0.2, 0) is 15.0 Å². The molecule has 0 saturated carbocycles. The number of unbranched alkanes of at least 4 members (excludes halogenated alkanes) is 1. The molecule has 2 rings (SSSR count). The van der Waals surface area contributed by atoms with Crippen molar-refractivity contribution in [1.29, 1.82) is 0 Å². The maximum absolute atomic E-state index is 12.4. The molecule has 1 aliphatic rings. The molecule has 1 aromatic rings. The van der Waals surface area contributed by atoms with Gasteiger partial charge in [-0.3, -0.25) is 9.59 Å². The summed E-state index contributed by atoms with van der Waals surface area (Å²) in [5.74, 6) is -0.781. The van der Waals surface area contributed by atoms with Crippen LogP contribution in [0.3, 0.4) is 0 Å². The van der Waals surface area contributed by atoms with Gasteiger partial charge in [0.15, 0.2) is 0 Å². The molecule has 1 aliphatic heterocycles. The standard InChI is InChI=1S/C16H20ClNO3/c1-16(2)10-18(12-7-5-6-11(17)15(12)16)13(19)8-3-4-9-14(20)21/h5-7H,3-4,8-10H2,1-2H3,(H,20,21). The number of amides is 1. The lowest BCUT2D eigenvalue weighted by molar-refractivity contribution is -0.137. The fourth-order valence-corrected chi connectivity index (χ4v) is 3.30. The Morgan fingerprint density at radius 2 is 1.95 bits per heavy atom. The normalized spacial score (nSPS) is 15.9. The van der Waals surface area contributed by atoms with Crippen LogP contribution in [0.2, 0.25) is 5.02 Å². The van der Waals surface area contributed by atoms with Crippen molar-refractivity contribution >= 4 is 29.2 Å². The smallest absolute Gasteiger partial charge is 0.303 e. The lowest BCUT2D eigenvalue weighted by atomic mass is 9.87. The zero-order valence-electron chi connectivity index (χ0n) is 12.4. The topological polar surface area (TPSA) is 57.6 Å². The molecule has 114 valence electrons. The van der Waals surface area contributed by atoms with Crippen molar-refractivity contribution < 1.29 is 14.7 Å². The van der Waals surface area contributed by atoms with Gasteiger partial charge in [0, 0.05) is 41.1 Å². The van der Waals surface area contributed by atoms with E-state index in [1.165, 1.54) is 0 Å². The minimum absolute atomic E-state index is 0.0366. The number of carbonyl (C=O) groups excluding carboxylic acids is 1. The van der Waals surface area contributed by atoms with Crippen molar-refractivity contribution in [1.82, 2.24) is 0 Å². The summed E-state index contributed by atoms with van der Waals surface area (Å²) in [5, 5.41) is 9.30. The molecule has 1 N–H and O–H groups in total. The summed E-state index contributed by atoms with van der Waals surface area (Å²) in [4.78, 5) is 24.6. The molecule has 1 amide bonds. The highest BCUT2D eigenvalue weighted by atomic mass is 35.5. The van der Waals surface area contributed by atoms with Crippen LogP contribution in [0, 0.1) is 0 Å². The first kappa shape index (κ1) is 15.8. The van der Waals surface area contributed by atoms with E-state index in [2.05, 4.69) is 13.8 Å². The Morgan fingerprint density at radius 1 is 1.29 bits per heavy atom. The Morgan fingerprint density at radius 3 is 2.62 bits per heavy atom. The molecule has 0 bridgehead atoms. The monoisotopic (exact) mass is 309 g/mol. The van der Waals surface area contributed by atoms with E-state index in [1.54, 1.807) is 4.90 Å². The van der Waals surface area contributed by atoms with Crippen molar-refractivity contribution in [2.75, 3.05) is 11.4 Å². The second kappa shape index (κ2) is 6.06. The molecule has 1 heterocycles. The van der Waals surface area contributed by atoms with Crippen molar-refractivity contribution in [2.45, 2.75) is 44.9 Å². The predicted octanol–water partition coefficient (Wildman–Crippen LogP) is 3.61. The van der Waals surface area contributed by atoms with E-state index in [0.29, 0.717) is 30.8 Å². The van der Waals surface area contributed by atoms with E-state index < -0.39 is 5.97 Å². The van der Waals surface area contributed by atoms with Crippen molar-refractivity contribution in [2.24, 2.45) is 0 Å². The highest BCUT2D eigenvalue weighted by Gasteiger charge is 2.39. The molecular weight excluding hydrogens is 290 g/mol. The van der Waals surface area contributed by atoms with Crippen LogP contribution in [0.5, 0.6) is 0 Å². The number of aliphatic carboxylic acids is 1. The number of hydrogen-bond donors (Lipinski definition) is 1. The highest BCUT2D eigenvalue weighted by molar-refractivity contribution is 6.32. The molecule has 0 saturated heterocycles. The fraction of sp³-hybridized carbons (Fsp3) is 0.500. The number of halogens is 1. The molecule has 0 aromatic heterocycles. The SMILES string of the molecule is CC1(C)CN(C(=O)CCCCC(=O)O)c2cccc(Cl)c21. The number of hydrogen-bond acceptors (Lipinski definition) is 2. The minimum atomic E-state index is -0.818. The predicted molar refractivity (Wildman–Crippen MR) is 82.9 cm³/mol. The molecule has 21 heavy (non-hydrogen) atoms. The molecule has 0 atom stereocenters. The fourth-order valence-electron chi connectivity index (χ4n) is 2.88. The lowest BCUT2D eigenvalue weighted by Gasteiger charge is -2.21. The number of rotatable bonds is 5. The number of nitrogens with zero attached hydrogens (tertiary/aromatic N) is 1. The van der Waals surface area contributed by atoms with Crippen molar-refractivity contribution in [3.05, 3.63) is 28.8 Å². The molecule has 1 aromatic carbocycles. The Hall–Kier alpha value is -1.55. The van der Waals surface area contributed by atoms with Gasteiger partial charge in [0.25, 0.3) is 0 Å². The first-order valence-electron chi connectivity index (χ1n) is 7.14. The van der Waals surface area contributed by atoms with Crippen LogP contribution < -0.4 is 4.90 Å². The van der Waals surface area contributed by atoms with Gasteiger partial charge in [0.2, 0.25) is 5.91 Å². The van der Waals surface area contributed by atoms with E-state index >= 15 is 0 Å². The van der Waals surface area contributed by atoms with Crippen molar-refractivity contribution in [3.63, 3.8) is 0 Å². The van der Waals surface area contributed by atoms with Crippen LogP contribution in [0.25, 0.3) is 0 Å². The van der Waals surface area contributed by atoms with Crippen LogP contribution in [0.1, 0.15) is 45.1 Å². The third kappa shape index (κ3) is 3.38. The number of benzene rings is 1. The molecule has 0 unspecified atom stereocenters. The van der Waals surface area contributed by atoms with Crippen LogP contribution in [0.4, 0.5) is 5.69 Å². The largest absolute Gasteiger partial charge is 0.481 e. The van der Waals surface area contributed by atoms with Gasteiger partial charge in [0.05, 0.1) is 0 Å². The van der Waals surface area contributed by atoms with E-state index in [1.807, 2.05) is 18.2 Å². The van der Waals surface area contributed by atoms with E-state index in [4.69, 9.17) is 16.7 Å². The first-order chi connectivity index (χ1) is 9.83. The Labute approximate surface area is 129 Å². The quantitative estimate of drug-likeness (QED) is 0.845. The lowest BCUT2D eigenvalue weighted by Crippen LogP contribution is -2.33. The second-order valence-corrected chi connectivity index (χ2v) is 6.51. The van der Waals surface area contributed by atoms with Crippen LogP contribution in [-0.4, -0.2) is 23.5 Å². The van der Waals surface area contributed by atoms with Gasteiger partial charge in [-0.25, -0.2) is 0 Å². The third-order valence-electron chi connectivity index (χ3n) is 3.84. The van der Waals surface area contributed by atoms with E-state index in [-0.39, 0.29) is 17.7 Å². The summed E-state index contributed by atoms with van der Waals surface area (Å²) < 4.78 is 0. The van der Waals surface area contributed by atoms with Gasteiger partial charge < -0.3 is 10.0 Å². The second-order valence-electron chi connectivity index (χ2n) is 6.10. The van der Waals surface area contributed by atoms with Gasteiger partial charge in [-0.15, -0.1) is 0 Å². The molecule has 4 nitrogen and oxygen atoms in total. The minimum Gasteiger partial charge on any atom is -0.481 e. The Kier molecular flexibility index (Phi) is 4.57. The molecular formula is C16H20ClNO3. The van der Waals surface area contributed by atoms with Gasteiger partial charge in [-0.1, -0.05) is 31.5 Å². The van der Waals surface area contributed by atoms with Gasteiger partial charge in [-0.05, 0) is 25.0 Å². The summed E-state index contributed by atoms with van der Waals surface area (Å²) in [6.45, 7) is 4.77. The highest BCUT2D eigenvalue weighted by Crippen LogP contribution is 2.44.